The van der Waals surface area contributed by atoms with E-state index in [9.17, 15) is 9.59 Å². The van der Waals surface area contributed by atoms with Crippen LogP contribution in [0.5, 0.6) is 0 Å². The van der Waals surface area contributed by atoms with Gasteiger partial charge in [0.1, 0.15) is 14.7 Å². The van der Waals surface area contributed by atoms with Crippen molar-refractivity contribution in [2.45, 2.75) is 39.5 Å². The van der Waals surface area contributed by atoms with Gasteiger partial charge < -0.3 is 15.8 Å². The summed E-state index contributed by atoms with van der Waals surface area (Å²) < 4.78 is 5.36. The number of rotatable bonds is 6. The SMILES string of the molecule is CCOC(=O)c1c(NC(=O)c2sc3nc(-c4ccccc4)cc(-c4ccc(C)cc4)c3c2N)sc2c1CCCC2. The van der Waals surface area contributed by atoms with Gasteiger partial charge in [0.2, 0.25) is 0 Å². The van der Waals surface area contributed by atoms with Crippen LogP contribution in [0.15, 0.2) is 60.7 Å². The molecule has 0 fully saturated rings. The van der Waals surface area contributed by atoms with E-state index < -0.39 is 5.97 Å². The predicted molar refractivity (Wildman–Crippen MR) is 165 cm³/mol. The van der Waals surface area contributed by atoms with Crippen LogP contribution in [-0.4, -0.2) is 23.5 Å². The minimum atomic E-state index is -0.391. The third-order valence-electron chi connectivity index (χ3n) is 7.22. The fourth-order valence-corrected chi connectivity index (χ4v) is 7.53. The minimum Gasteiger partial charge on any atom is -0.462 e. The van der Waals surface area contributed by atoms with Gasteiger partial charge in [-0.15, -0.1) is 22.7 Å². The number of amides is 1. The number of nitrogens with zero attached hydrogens (tertiary/aromatic N) is 1. The topological polar surface area (TPSA) is 94.3 Å². The Labute approximate surface area is 240 Å². The number of fused-ring (bicyclic) bond motifs is 2. The number of nitrogens with one attached hydrogen (secondary N) is 1. The number of anilines is 2. The van der Waals surface area contributed by atoms with Crippen LogP contribution in [0, 0.1) is 6.92 Å². The molecule has 0 saturated heterocycles. The highest BCUT2D eigenvalue weighted by atomic mass is 32.1. The van der Waals surface area contributed by atoms with Crippen molar-refractivity contribution in [2.24, 2.45) is 0 Å². The van der Waals surface area contributed by atoms with Crippen LogP contribution in [0.3, 0.4) is 0 Å². The van der Waals surface area contributed by atoms with Gasteiger partial charge in [-0.3, -0.25) is 4.79 Å². The lowest BCUT2D eigenvalue weighted by atomic mass is 9.95. The number of carbonyl (C=O) groups is 2. The molecule has 1 amide bonds. The van der Waals surface area contributed by atoms with Crippen molar-refractivity contribution in [2.75, 3.05) is 17.7 Å². The van der Waals surface area contributed by atoms with E-state index in [4.69, 9.17) is 15.5 Å². The lowest BCUT2D eigenvalue weighted by molar-refractivity contribution is 0.0526. The van der Waals surface area contributed by atoms with Crippen molar-refractivity contribution in [3.63, 3.8) is 0 Å². The molecule has 0 spiro atoms. The van der Waals surface area contributed by atoms with E-state index in [0.717, 1.165) is 69.5 Å². The molecule has 0 saturated carbocycles. The highest BCUT2D eigenvalue weighted by Crippen LogP contribution is 2.43. The first-order chi connectivity index (χ1) is 19.4. The second-order valence-electron chi connectivity index (χ2n) is 9.90. The van der Waals surface area contributed by atoms with Crippen molar-refractivity contribution < 1.29 is 14.3 Å². The van der Waals surface area contributed by atoms with Gasteiger partial charge in [0.25, 0.3) is 5.91 Å². The van der Waals surface area contributed by atoms with Crippen LogP contribution in [0.25, 0.3) is 32.6 Å². The Morgan fingerprint density at radius 2 is 1.75 bits per heavy atom. The van der Waals surface area contributed by atoms with Crippen LogP contribution in [-0.2, 0) is 17.6 Å². The van der Waals surface area contributed by atoms with E-state index in [1.165, 1.54) is 22.7 Å². The summed E-state index contributed by atoms with van der Waals surface area (Å²) in [6.45, 7) is 4.11. The van der Waals surface area contributed by atoms with Crippen LogP contribution in [0.2, 0.25) is 0 Å². The highest BCUT2D eigenvalue weighted by molar-refractivity contribution is 7.21. The first-order valence-electron chi connectivity index (χ1n) is 13.4. The number of thiophene rings is 2. The number of aryl methyl sites for hydroxylation is 2. The molecule has 8 heteroatoms. The summed E-state index contributed by atoms with van der Waals surface area (Å²) in [4.78, 5) is 33.8. The maximum atomic E-state index is 13.7. The first-order valence-corrected chi connectivity index (χ1v) is 15.1. The standard InChI is InChI=1S/C32H29N3O3S2/c1-3-38-32(37)26-21-11-7-8-12-24(21)39-31(26)35-29(36)28-27(33)25-22(19-15-13-18(2)14-16-19)17-23(34-30(25)40-28)20-9-5-4-6-10-20/h4-6,9-10,13-17H,3,7-8,11-12,33H2,1-2H3,(H,35,36). The molecule has 6 nitrogen and oxygen atoms in total. The van der Waals surface area contributed by atoms with E-state index in [1.54, 1.807) is 6.92 Å². The van der Waals surface area contributed by atoms with Crippen LogP contribution < -0.4 is 11.1 Å². The third kappa shape index (κ3) is 4.78. The Kier molecular flexibility index (Phi) is 7.12. The van der Waals surface area contributed by atoms with Gasteiger partial charge in [-0.05, 0) is 62.3 Å². The molecular formula is C32H29N3O3S2. The van der Waals surface area contributed by atoms with E-state index in [2.05, 4.69) is 36.5 Å². The molecule has 0 unspecified atom stereocenters. The quantitative estimate of drug-likeness (QED) is 0.204. The summed E-state index contributed by atoms with van der Waals surface area (Å²) in [5.74, 6) is -0.738. The van der Waals surface area contributed by atoms with E-state index >= 15 is 0 Å². The molecule has 3 N–H and O–H groups in total. The predicted octanol–water partition coefficient (Wildman–Crippen LogP) is 7.89. The zero-order valence-electron chi connectivity index (χ0n) is 22.4. The van der Waals surface area contributed by atoms with Gasteiger partial charge in [0.05, 0.1) is 23.6 Å². The van der Waals surface area contributed by atoms with Crippen LogP contribution >= 0.6 is 22.7 Å². The maximum absolute atomic E-state index is 13.7. The summed E-state index contributed by atoms with van der Waals surface area (Å²) >= 11 is 2.74. The Morgan fingerprint density at radius 1 is 1.00 bits per heavy atom. The van der Waals surface area contributed by atoms with Crippen molar-refractivity contribution in [1.82, 2.24) is 4.98 Å². The molecule has 3 aromatic heterocycles. The number of ether oxygens (including phenoxy) is 1. The molecule has 0 bridgehead atoms. The molecule has 0 atom stereocenters. The molecule has 6 rings (SSSR count). The highest BCUT2D eigenvalue weighted by Gasteiger charge is 2.29. The fourth-order valence-electron chi connectivity index (χ4n) is 5.24. The average molecular weight is 568 g/mol. The number of nitrogen functional groups attached to an aromatic ring is 1. The summed E-state index contributed by atoms with van der Waals surface area (Å²) in [7, 11) is 0. The molecule has 3 heterocycles. The number of pyridine rings is 1. The second kappa shape index (κ2) is 10.9. The summed E-state index contributed by atoms with van der Waals surface area (Å²) in [5, 5.41) is 4.31. The Bertz CT molecular complexity index is 1740. The number of nitrogens with two attached hydrogens (primary N) is 1. The van der Waals surface area contributed by atoms with Crippen molar-refractivity contribution >= 4 is 55.5 Å². The third-order valence-corrected chi connectivity index (χ3v) is 9.52. The molecule has 0 aliphatic heterocycles. The summed E-state index contributed by atoms with van der Waals surface area (Å²) in [5.41, 5.74) is 13.5. The molecule has 0 radical (unpaired) electrons. The number of hydrogen-bond acceptors (Lipinski definition) is 7. The lowest BCUT2D eigenvalue weighted by Crippen LogP contribution is -2.15. The van der Waals surface area contributed by atoms with E-state index in [0.29, 0.717) is 26.0 Å². The number of esters is 1. The molecular weight excluding hydrogens is 539 g/mol. The second-order valence-corrected chi connectivity index (χ2v) is 12.0. The molecule has 1 aliphatic carbocycles. The van der Waals surface area contributed by atoms with Gasteiger partial charge in [0.15, 0.2) is 0 Å². The summed E-state index contributed by atoms with van der Waals surface area (Å²) in [6.07, 6.45) is 3.81. The Hall–Kier alpha value is -4.01. The molecule has 40 heavy (non-hydrogen) atoms. The number of benzene rings is 2. The Balaban J connectivity index is 1.46. The van der Waals surface area contributed by atoms with Gasteiger partial charge in [-0.25, -0.2) is 9.78 Å². The first kappa shape index (κ1) is 26.2. The van der Waals surface area contributed by atoms with Gasteiger partial charge >= 0.3 is 5.97 Å². The summed E-state index contributed by atoms with van der Waals surface area (Å²) in [6, 6.07) is 20.3. The largest absolute Gasteiger partial charge is 0.462 e. The monoisotopic (exact) mass is 567 g/mol. The van der Waals surface area contributed by atoms with Crippen molar-refractivity contribution in [3.05, 3.63) is 87.1 Å². The van der Waals surface area contributed by atoms with Crippen LogP contribution in [0.4, 0.5) is 10.7 Å². The fraction of sp³-hybridized carbons (Fsp3) is 0.219. The van der Waals surface area contributed by atoms with Gasteiger partial charge in [0, 0.05) is 15.8 Å². The smallest absolute Gasteiger partial charge is 0.341 e. The lowest BCUT2D eigenvalue weighted by Gasteiger charge is -2.12. The van der Waals surface area contributed by atoms with Crippen molar-refractivity contribution in [1.29, 1.82) is 0 Å². The molecule has 1 aliphatic rings. The zero-order chi connectivity index (χ0) is 27.8. The van der Waals surface area contributed by atoms with E-state index in [1.807, 2.05) is 36.4 Å². The maximum Gasteiger partial charge on any atom is 0.341 e. The van der Waals surface area contributed by atoms with Crippen molar-refractivity contribution in [3.8, 4) is 22.4 Å². The van der Waals surface area contributed by atoms with Gasteiger partial charge in [-0.2, -0.15) is 0 Å². The Morgan fingerprint density at radius 3 is 2.50 bits per heavy atom. The number of aromatic nitrogens is 1. The normalized spacial score (nSPS) is 12.8. The minimum absolute atomic E-state index is 0.275. The number of hydrogen-bond donors (Lipinski definition) is 2. The molecule has 202 valence electrons. The zero-order valence-corrected chi connectivity index (χ0v) is 24.0. The average Bonchev–Trinajstić information content (AvgIpc) is 3.50. The van der Waals surface area contributed by atoms with Crippen LogP contribution in [0.1, 0.15) is 55.8 Å². The molecule has 5 aromatic rings. The molecule has 2 aromatic carbocycles. The number of carbonyl (C=O) groups excluding carboxylic acids is 2. The van der Waals surface area contributed by atoms with Gasteiger partial charge in [-0.1, -0.05) is 60.2 Å². The van der Waals surface area contributed by atoms with E-state index in [-0.39, 0.29) is 12.5 Å².